The van der Waals surface area contributed by atoms with Crippen molar-refractivity contribution in [3.63, 3.8) is 0 Å². The number of aryl methyl sites for hydroxylation is 2. The smallest absolute Gasteiger partial charge is 0.287 e. The molecule has 0 aliphatic rings. The Morgan fingerprint density at radius 3 is 2.60 bits per heavy atom. The highest BCUT2D eigenvalue weighted by molar-refractivity contribution is 6.07. The molecule has 0 saturated carbocycles. The predicted octanol–water partition coefficient (Wildman–Crippen LogP) is 0.611. The lowest BCUT2D eigenvalue weighted by atomic mass is 10.1. The van der Waals surface area contributed by atoms with Gasteiger partial charge in [0.05, 0.1) is 12.4 Å². The minimum Gasteiger partial charge on any atom is -1.00 e. The van der Waals surface area contributed by atoms with Crippen molar-refractivity contribution in [1.29, 1.82) is 0 Å². The van der Waals surface area contributed by atoms with Crippen LogP contribution in [0.3, 0.4) is 0 Å². The van der Waals surface area contributed by atoms with Crippen LogP contribution in [-0.4, -0.2) is 4.98 Å². The Morgan fingerprint density at radius 1 is 0.950 bits per heavy atom. The van der Waals surface area contributed by atoms with E-state index in [0.717, 1.165) is 0 Å². The van der Waals surface area contributed by atoms with E-state index < -0.39 is 0 Å². The largest absolute Gasteiger partial charge is 1.00 e. The molecule has 0 spiro atoms. The molecule has 2 nitrogen and oxygen atoms in total. The summed E-state index contributed by atoms with van der Waals surface area (Å²) in [5, 5.41) is 3.87. The number of pyridine rings is 1. The molecule has 100 valence electrons. The summed E-state index contributed by atoms with van der Waals surface area (Å²) >= 11 is 0. The number of para-hydroxylation sites is 1. The summed E-state index contributed by atoms with van der Waals surface area (Å²) in [6.07, 6.45) is 0. The molecule has 0 amide bonds. The Hall–Kier alpha value is -2.06. The lowest BCUT2D eigenvalue weighted by Crippen LogP contribution is -3.00. The Balaban J connectivity index is 0.00000121. The van der Waals surface area contributed by atoms with E-state index in [2.05, 4.69) is 72.1 Å². The van der Waals surface area contributed by atoms with E-state index in [-0.39, 0.29) is 12.4 Å². The van der Waals surface area contributed by atoms with Crippen LogP contribution >= 0.6 is 0 Å². The molecule has 0 radical (unpaired) electrons. The number of fused-ring (bicyclic) bond motifs is 4. The first-order valence-corrected chi connectivity index (χ1v) is 6.54. The lowest BCUT2D eigenvalue weighted by molar-refractivity contribution is -0.619. The molecular formula is C17H15ClN2. The third kappa shape index (κ3) is 1.69. The average Bonchev–Trinajstić information content (AvgIpc) is 2.78. The summed E-state index contributed by atoms with van der Waals surface area (Å²) in [5.41, 5.74) is 4.93. The van der Waals surface area contributed by atoms with Crippen LogP contribution in [0.15, 0.2) is 48.5 Å². The van der Waals surface area contributed by atoms with Crippen LogP contribution < -0.4 is 17.0 Å². The SMILES string of the molecule is Cc1ccc2c(c1)cc1c3ccccc3[nH]c1[n+]2C.[Cl-]. The van der Waals surface area contributed by atoms with Crippen molar-refractivity contribution >= 4 is 32.8 Å². The quantitative estimate of drug-likeness (QED) is 0.456. The molecule has 0 atom stereocenters. The van der Waals surface area contributed by atoms with Crippen molar-refractivity contribution in [2.24, 2.45) is 7.05 Å². The van der Waals surface area contributed by atoms with Crippen molar-refractivity contribution in [2.75, 3.05) is 0 Å². The van der Waals surface area contributed by atoms with Crippen molar-refractivity contribution in [3.05, 3.63) is 54.1 Å². The summed E-state index contributed by atoms with van der Waals surface area (Å²) in [7, 11) is 2.12. The average molecular weight is 283 g/mol. The number of benzene rings is 2. The summed E-state index contributed by atoms with van der Waals surface area (Å²) in [6.45, 7) is 2.14. The zero-order valence-electron chi connectivity index (χ0n) is 11.4. The summed E-state index contributed by atoms with van der Waals surface area (Å²) in [5.74, 6) is 0. The molecule has 0 aliphatic heterocycles. The van der Waals surface area contributed by atoms with E-state index in [1.807, 2.05) is 0 Å². The maximum Gasteiger partial charge on any atom is 0.287 e. The van der Waals surface area contributed by atoms with E-state index in [4.69, 9.17) is 0 Å². The molecule has 2 aromatic carbocycles. The molecule has 2 aromatic heterocycles. The first-order valence-electron chi connectivity index (χ1n) is 6.54. The van der Waals surface area contributed by atoms with Gasteiger partial charge in [0, 0.05) is 10.8 Å². The van der Waals surface area contributed by atoms with Crippen molar-refractivity contribution in [2.45, 2.75) is 6.92 Å². The number of H-pyrrole nitrogens is 1. The minimum absolute atomic E-state index is 0. The van der Waals surface area contributed by atoms with Crippen molar-refractivity contribution < 1.29 is 17.0 Å². The molecule has 0 aliphatic carbocycles. The molecule has 4 aromatic rings. The highest BCUT2D eigenvalue weighted by Gasteiger charge is 2.15. The molecule has 20 heavy (non-hydrogen) atoms. The second-order valence-electron chi connectivity index (χ2n) is 5.20. The fourth-order valence-corrected chi connectivity index (χ4v) is 2.93. The first-order chi connectivity index (χ1) is 9.24. The Labute approximate surface area is 123 Å². The molecule has 0 unspecified atom stereocenters. The number of halogens is 1. The molecule has 0 saturated heterocycles. The van der Waals surface area contributed by atoms with Crippen LogP contribution in [0.2, 0.25) is 0 Å². The van der Waals surface area contributed by atoms with Gasteiger partial charge in [-0.15, -0.1) is 0 Å². The second kappa shape index (κ2) is 4.50. The van der Waals surface area contributed by atoms with E-state index in [0.29, 0.717) is 0 Å². The van der Waals surface area contributed by atoms with Gasteiger partial charge in [0.2, 0.25) is 0 Å². The summed E-state index contributed by atoms with van der Waals surface area (Å²) in [6, 6.07) is 17.4. The molecule has 3 heteroatoms. The molecule has 2 heterocycles. The Bertz CT molecular complexity index is 938. The molecule has 1 N–H and O–H groups in total. The van der Waals surface area contributed by atoms with Gasteiger partial charge in [-0.05, 0) is 37.3 Å². The van der Waals surface area contributed by atoms with Crippen LogP contribution in [0.25, 0.3) is 32.8 Å². The number of nitrogens with one attached hydrogen (secondary N) is 1. The fraction of sp³-hybridized carbons (Fsp3) is 0.118. The number of hydrogen-bond acceptors (Lipinski definition) is 0. The number of hydrogen-bond donors (Lipinski definition) is 1. The van der Waals surface area contributed by atoms with Gasteiger partial charge in [0.1, 0.15) is 11.0 Å². The van der Waals surface area contributed by atoms with Gasteiger partial charge < -0.3 is 12.4 Å². The molecular weight excluding hydrogens is 268 g/mol. The van der Waals surface area contributed by atoms with E-state index >= 15 is 0 Å². The van der Waals surface area contributed by atoms with E-state index in [1.54, 1.807) is 0 Å². The maximum absolute atomic E-state index is 3.52. The highest BCUT2D eigenvalue weighted by atomic mass is 35.5. The minimum atomic E-state index is 0. The van der Waals surface area contributed by atoms with E-state index in [1.165, 1.54) is 38.4 Å². The Morgan fingerprint density at radius 2 is 1.75 bits per heavy atom. The Kier molecular flexibility index (Phi) is 2.91. The van der Waals surface area contributed by atoms with Crippen LogP contribution in [0, 0.1) is 6.92 Å². The van der Waals surface area contributed by atoms with Gasteiger partial charge in [-0.3, -0.25) is 0 Å². The number of nitrogens with zero attached hydrogens (tertiary/aromatic N) is 1. The summed E-state index contributed by atoms with van der Waals surface area (Å²) < 4.78 is 2.24. The van der Waals surface area contributed by atoms with Crippen LogP contribution in [0.1, 0.15) is 5.56 Å². The van der Waals surface area contributed by atoms with Gasteiger partial charge in [-0.1, -0.05) is 23.8 Å². The molecule has 4 rings (SSSR count). The van der Waals surface area contributed by atoms with Crippen LogP contribution in [0.5, 0.6) is 0 Å². The van der Waals surface area contributed by atoms with Crippen molar-refractivity contribution in [1.82, 2.24) is 4.98 Å². The zero-order valence-corrected chi connectivity index (χ0v) is 12.2. The van der Waals surface area contributed by atoms with Gasteiger partial charge in [0.25, 0.3) is 5.65 Å². The molecule has 0 fully saturated rings. The van der Waals surface area contributed by atoms with Gasteiger partial charge in [-0.2, -0.15) is 0 Å². The number of aromatic amines is 1. The highest BCUT2D eigenvalue weighted by Crippen LogP contribution is 2.26. The van der Waals surface area contributed by atoms with Gasteiger partial charge >= 0.3 is 0 Å². The van der Waals surface area contributed by atoms with Gasteiger partial charge in [-0.25, -0.2) is 9.55 Å². The predicted molar refractivity (Wildman–Crippen MR) is 79.2 cm³/mol. The number of rotatable bonds is 0. The third-order valence-corrected chi connectivity index (χ3v) is 3.91. The molecule has 0 bridgehead atoms. The maximum atomic E-state index is 3.52. The van der Waals surface area contributed by atoms with Crippen LogP contribution in [-0.2, 0) is 7.05 Å². The zero-order chi connectivity index (χ0) is 13.0. The standard InChI is InChI=1S/C17H14N2.ClH/c1-11-7-8-16-12(9-11)10-14-13-5-3-4-6-15(13)18-17(14)19(16)2;/h3-10H,1-2H3;1H. The fourth-order valence-electron chi connectivity index (χ4n) is 2.93. The second-order valence-corrected chi connectivity index (χ2v) is 5.20. The van der Waals surface area contributed by atoms with E-state index in [9.17, 15) is 0 Å². The topological polar surface area (TPSA) is 19.7 Å². The third-order valence-electron chi connectivity index (χ3n) is 3.91. The number of aromatic nitrogens is 2. The summed E-state index contributed by atoms with van der Waals surface area (Å²) in [4.78, 5) is 3.52. The normalized spacial score (nSPS) is 11.1. The lowest BCUT2D eigenvalue weighted by Gasteiger charge is -2.02. The van der Waals surface area contributed by atoms with Crippen molar-refractivity contribution in [3.8, 4) is 0 Å². The monoisotopic (exact) mass is 282 g/mol. The van der Waals surface area contributed by atoms with Crippen LogP contribution in [0.4, 0.5) is 0 Å². The first kappa shape index (κ1) is 12.9. The van der Waals surface area contributed by atoms with Gasteiger partial charge in [0.15, 0.2) is 0 Å².